The van der Waals surface area contributed by atoms with Crippen molar-refractivity contribution in [1.82, 2.24) is 9.21 Å². The molecule has 6 nitrogen and oxygen atoms in total. The van der Waals surface area contributed by atoms with Gasteiger partial charge in [-0.05, 0) is 13.8 Å². The van der Waals surface area contributed by atoms with E-state index in [0.717, 1.165) is 0 Å². The van der Waals surface area contributed by atoms with E-state index < -0.39 is 10.0 Å². The summed E-state index contributed by atoms with van der Waals surface area (Å²) in [4.78, 5) is 14.0. The van der Waals surface area contributed by atoms with Gasteiger partial charge >= 0.3 is 0 Å². The normalized spacial score (nSPS) is 31.2. The lowest BCUT2D eigenvalue weighted by Crippen LogP contribution is -2.59. The van der Waals surface area contributed by atoms with Gasteiger partial charge in [-0.15, -0.1) is 0 Å². The molecule has 2 aliphatic rings. The highest BCUT2D eigenvalue weighted by molar-refractivity contribution is 7.88. The maximum Gasteiger partial charge on any atom is 0.228 e. The first kappa shape index (κ1) is 13.8. The molecule has 2 atom stereocenters. The number of morpholine rings is 1. The van der Waals surface area contributed by atoms with Crippen LogP contribution in [0.5, 0.6) is 0 Å². The Bertz CT molecular complexity index is 420. The Kier molecular flexibility index (Phi) is 3.66. The molecule has 0 radical (unpaired) electrons. The molecule has 0 aromatic rings. The smallest absolute Gasteiger partial charge is 0.228 e. The summed E-state index contributed by atoms with van der Waals surface area (Å²) in [5.74, 6) is -0.130. The molecule has 2 unspecified atom stereocenters. The quantitative estimate of drug-likeness (QED) is 0.683. The second-order valence-electron chi connectivity index (χ2n) is 5.28. The van der Waals surface area contributed by atoms with Gasteiger partial charge in [-0.3, -0.25) is 4.79 Å². The van der Waals surface area contributed by atoms with Crippen LogP contribution >= 0.6 is 0 Å². The molecule has 2 rings (SSSR count). The molecule has 7 heteroatoms. The summed E-state index contributed by atoms with van der Waals surface area (Å²) in [6, 6.07) is 0. The Hall–Kier alpha value is -0.660. The first-order valence-electron chi connectivity index (χ1n) is 6.16. The fourth-order valence-corrected chi connectivity index (χ4v) is 3.38. The number of rotatable bonds is 2. The molecule has 2 saturated heterocycles. The zero-order valence-corrected chi connectivity index (χ0v) is 11.8. The van der Waals surface area contributed by atoms with Gasteiger partial charge in [-0.1, -0.05) is 0 Å². The number of hydrogen-bond donors (Lipinski definition) is 0. The molecule has 104 valence electrons. The molecule has 0 aromatic carbocycles. The van der Waals surface area contributed by atoms with Crippen molar-refractivity contribution in [3.8, 4) is 0 Å². The number of sulfonamides is 1. The molecule has 2 aliphatic heterocycles. The largest absolute Gasteiger partial charge is 0.372 e. The van der Waals surface area contributed by atoms with Crippen molar-refractivity contribution in [1.29, 1.82) is 0 Å². The Morgan fingerprint density at radius 2 is 1.61 bits per heavy atom. The highest BCUT2D eigenvalue weighted by atomic mass is 32.2. The first-order valence-corrected chi connectivity index (χ1v) is 8.01. The molecule has 0 aromatic heterocycles. The second kappa shape index (κ2) is 4.79. The summed E-state index contributed by atoms with van der Waals surface area (Å²) >= 11 is 0. The van der Waals surface area contributed by atoms with E-state index in [1.54, 1.807) is 4.90 Å². The van der Waals surface area contributed by atoms with Crippen LogP contribution in [0, 0.1) is 5.92 Å². The van der Waals surface area contributed by atoms with E-state index in [0.29, 0.717) is 26.2 Å². The Morgan fingerprint density at radius 1 is 1.11 bits per heavy atom. The lowest BCUT2D eigenvalue weighted by Gasteiger charge is -2.42. The van der Waals surface area contributed by atoms with E-state index in [2.05, 4.69) is 0 Å². The van der Waals surface area contributed by atoms with E-state index in [-0.39, 0.29) is 24.0 Å². The summed E-state index contributed by atoms with van der Waals surface area (Å²) < 4.78 is 29.4. The molecule has 2 fully saturated rings. The zero-order chi connectivity index (χ0) is 13.5. The lowest BCUT2D eigenvalue weighted by molar-refractivity contribution is -0.150. The van der Waals surface area contributed by atoms with Crippen molar-refractivity contribution >= 4 is 15.9 Å². The maximum atomic E-state index is 12.2. The number of carbonyl (C=O) groups is 1. The van der Waals surface area contributed by atoms with Crippen molar-refractivity contribution in [3.63, 3.8) is 0 Å². The van der Waals surface area contributed by atoms with E-state index in [9.17, 15) is 13.2 Å². The molecule has 0 bridgehead atoms. The van der Waals surface area contributed by atoms with Crippen LogP contribution in [0.4, 0.5) is 0 Å². The summed E-state index contributed by atoms with van der Waals surface area (Å²) in [7, 11) is -3.15. The van der Waals surface area contributed by atoms with E-state index >= 15 is 0 Å². The van der Waals surface area contributed by atoms with Gasteiger partial charge in [0, 0.05) is 26.2 Å². The van der Waals surface area contributed by atoms with Crippen molar-refractivity contribution in [2.24, 2.45) is 5.92 Å². The van der Waals surface area contributed by atoms with Gasteiger partial charge < -0.3 is 9.64 Å². The maximum absolute atomic E-state index is 12.2. The Morgan fingerprint density at radius 3 is 2.06 bits per heavy atom. The van der Waals surface area contributed by atoms with E-state index in [1.165, 1.54) is 10.6 Å². The van der Waals surface area contributed by atoms with Crippen molar-refractivity contribution in [2.75, 3.05) is 32.4 Å². The third-order valence-corrected chi connectivity index (χ3v) is 4.63. The van der Waals surface area contributed by atoms with Crippen LogP contribution in [-0.4, -0.2) is 68.2 Å². The van der Waals surface area contributed by atoms with Crippen molar-refractivity contribution in [3.05, 3.63) is 0 Å². The predicted molar refractivity (Wildman–Crippen MR) is 66.5 cm³/mol. The standard InChI is InChI=1S/C11H20N2O4S/c1-8-4-12(5-9(2)17-8)11(14)10-6-13(7-10)18(3,15)16/h8-10H,4-7H2,1-3H3. The topological polar surface area (TPSA) is 66.9 Å². The second-order valence-corrected chi connectivity index (χ2v) is 7.26. The number of ether oxygens (including phenoxy) is 1. The van der Waals surface area contributed by atoms with Crippen LogP contribution < -0.4 is 0 Å². The van der Waals surface area contributed by atoms with E-state index in [4.69, 9.17) is 4.74 Å². The fraction of sp³-hybridized carbons (Fsp3) is 0.909. The molecular formula is C11H20N2O4S. The lowest BCUT2D eigenvalue weighted by atomic mass is 10.0. The van der Waals surface area contributed by atoms with E-state index in [1.807, 2.05) is 13.8 Å². The van der Waals surface area contributed by atoms with Crippen molar-refractivity contribution < 1.29 is 17.9 Å². The summed E-state index contributed by atoms with van der Waals surface area (Å²) in [5, 5.41) is 0. The van der Waals surface area contributed by atoms with Gasteiger partial charge in [0.05, 0.1) is 24.4 Å². The van der Waals surface area contributed by atoms with Gasteiger partial charge in [0.2, 0.25) is 15.9 Å². The molecule has 18 heavy (non-hydrogen) atoms. The summed E-state index contributed by atoms with van der Waals surface area (Å²) in [6.45, 7) is 5.71. The average Bonchev–Trinajstić information content (AvgIpc) is 2.10. The average molecular weight is 276 g/mol. The van der Waals surface area contributed by atoms with Crippen LogP contribution in [0.2, 0.25) is 0 Å². The SMILES string of the molecule is CC1CN(C(=O)C2CN(S(C)(=O)=O)C2)CC(C)O1. The van der Waals surface area contributed by atoms with Crippen LogP contribution in [0.3, 0.4) is 0 Å². The molecule has 0 N–H and O–H groups in total. The van der Waals surface area contributed by atoms with Crippen LogP contribution in [0.15, 0.2) is 0 Å². The van der Waals surface area contributed by atoms with Crippen LogP contribution in [0.25, 0.3) is 0 Å². The van der Waals surface area contributed by atoms with Gasteiger partial charge in [-0.2, -0.15) is 0 Å². The van der Waals surface area contributed by atoms with Gasteiger partial charge in [0.15, 0.2) is 0 Å². The minimum atomic E-state index is -3.15. The number of amides is 1. The summed E-state index contributed by atoms with van der Waals surface area (Å²) in [6.07, 6.45) is 1.26. The molecule has 1 amide bonds. The highest BCUT2D eigenvalue weighted by Crippen LogP contribution is 2.22. The number of nitrogens with zero attached hydrogens (tertiary/aromatic N) is 2. The molecule has 0 saturated carbocycles. The van der Waals surface area contributed by atoms with Crippen LogP contribution in [-0.2, 0) is 19.6 Å². The minimum Gasteiger partial charge on any atom is -0.372 e. The highest BCUT2D eigenvalue weighted by Gasteiger charge is 2.40. The fourth-order valence-electron chi connectivity index (χ4n) is 2.48. The van der Waals surface area contributed by atoms with Gasteiger partial charge in [-0.25, -0.2) is 12.7 Å². The van der Waals surface area contributed by atoms with Gasteiger partial charge in [0.25, 0.3) is 0 Å². The summed E-state index contributed by atoms with van der Waals surface area (Å²) in [5.41, 5.74) is 0. The first-order chi connectivity index (χ1) is 8.27. The molecule has 0 aliphatic carbocycles. The third kappa shape index (κ3) is 2.84. The molecular weight excluding hydrogens is 256 g/mol. The minimum absolute atomic E-state index is 0.0452. The number of hydrogen-bond acceptors (Lipinski definition) is 4. The van der Waals surface area contributed by atoms with Crippen LogP contribution in [0.1, 0.15) is 13.8 Å². The molecule has 2 heterocycles. The third-order valence-electron chi connectivity index (χ3n) is 3.40. The van der Waals surface area contributed by atoms with Crippen molar-refractivity contribution in [2.45, 2.75) is 26.1 Å². The monoisotopic (exact) mass is 276 g/mol. The van der Waals surface area contributed by atoms with Gasteiger partial charge in [0.1, 0.15) is 0 Å². The predicted octanol–water partition coefficient (Wildman–Crippen LogP) is -0.486. The Balaban J connectivity index is 1.90. The molecule has 0 spiro atoms. The zero-order valence-electron chi connectivity index (χ0n) is 11.0. The number of carbonyl (C=O) groups excluding carboxylic acids is 1. The Labute approximate surface area is 108 Å².